The molecule has 0 aliphatic carbocycles. The molecule has 1 aliphatic heterocycles. The number of nitrogens with one attached hydrogen (secondary N) is 1. The lowest BCUT2D eigenvalue weighted by Crippen LogP contribution is -2.27. The number of carbonyl (C=O) groups excluding carboxylic acids is 1. The largest absolute Gasteiger partial charge is 0.322 e. The Morgan fingerprint density at radius 2 is 1.84 bits per heavy atom. The van der Waals surface area contributed by atoms with Crippen LogP contribution in [-0.4, -0.2) is 31.7 Å². The van der Waals surface area contributed by atoms with E-state index in [9.17, 15) is 17.6 Å². The van der Waals surface area contributed by atoms with E-state index in [0.717, 1.165) is 18.9 Å². The zero-order valence-electron chi connectivity index (χ0n) is 13.2. The summed E-state index contributed by atoms with van der Waals surface area (Å²) in [6.45, 7) is 0.990. The number of sulfonamides is 1. The van der Waals surface area contributed by atoms with Crippen molar-refractivity contribution in [1.29, 1.82) is 0 Å². The predicted molar refractivity (Wildman–Crippen MR) is 93.8 cm³/mol. The van der Waals surface area contributed by atoms with E-state index in [1.165, 1.54) is 34.6 Å². The molecular formula is C17H16ClFN2O3S. The van der Waals surface area contributed by atoms with Crippen LogP contribution >= 0.6 is 11.6 Å². The molecule has 3 rings (SSSR count). The summed E-state index contributed by atoms with van der Waals surface area (Å²) in [7, 11) is -3.58. The Kier molecular flexibility index (Phi) is 5.08. The van der Waals surface area contributed by atoms with Gasteiger partial charge in [-0.3, -0.25) is 4.79 Å². The quantitative estimate of drug-likeness (QED) is 0.879. The normalized spacial score (nSPS) is 15.3. The van der Waals surface area contributed by atoms with Gasteiger partial charge in [0.1, 0.15) is 5.82 Å². The van der Waals surface area contributed by atoms with Crippen LogP contribution in [0.4, 0.5) is 10.1 Å². The lowest BCUT2D eigenvalue weighted by Gasteiger charge is -2.16. The first kappa shape index (κ1) is 17.8. The van der Waals surface area contributed by atoms with Crippen molar-refractivity contribution >= 4 is 33.2 Å². The molecule has 0 atom stereocenters. The zero-order chi connectivity index (χ0) is 18.0. The highest BCUT2D eigenvalue weighted by Crippen LogP contribution is 2.24. The molecule has 1 fully saturated rings. The highest BCUT2D eigenvalue weighted by Gasteiger charge is 2.27. The molecule has 5 nitrogen and oxygen atoms in total. The average molecular weight is 383 g/mol. The highest BCUT2D eigenvalue weighted by molar-refractivity contribution is 7.89. The molecular weight excluding hydrogens is 367 g/mol. The first-order valence-electron chi connectivity index (χ1n) is 7.74. The number of rotatable bonds is 4. The maximum absolute atomic E-state index is 13.8. The van der Waals surface area contributed by atoms with Crippen LogP contribution in [0.25, 0.3) is 0 Å². The summed E-state index contributed by atoms with van der Waals surface area (Å²) in [6.07, 6.45) is 1.68. The van der Waals surface area contributed by atoms with Crippen LogP contribution in [0.15, 0.2) is 47.4 Å². The van der Waals surface area contributed by atoms with E-state index in [4.69, 9.17) is 11.6 Å². The summed E-state index contributed by atoms with van der Waals surface area (Å²) >= 11 is 5.67. The molecule has 0 bridgehead atoms. The van der Waals surface area contributed by atoms with Gasteiger partial charge in [0.05, 0.1) is 10.5 Å². The van der Waals surface area contributed by atoms with Crippen LogP contribution in [0.3, 0.4) is 0 Å². The van der Waals surface area contributed by atoms with Gasteiger partial charge in [0, 0.05) is 23.8 Å². The van der Waals surface area contributed by atoms with Gasteiger partial charge in [-0.05, 0) is 49.2 Å². The standard InChI is InChI=1S/C17H16ClFN2O3S/c18-12-6-7-15(16(19)10-12)17(22)20-13-4-3-5-14(11-13)25(23,24)21-8-1-2-9-21/h3-7,10-11H,1-2,8-9H2,(H,20,22). The molecule has 2 aromatic carbocycles. The summed E-state index contributed by atoms with van der Waals surface area (Å²) in [6, 6.07) is 9.67. The molecule has 1 saturated heterocycles. The van der Waals surface area contributed by atoms with Crippen LogP contribution in [0.2, 0.25) is 5.02 Å². The fourth-order valence-corrected chi connectivity index (χ4v) is 4.41. The van der Waals surface area contributed by atoms with Gasteiger partial charge in [0.2, 0.25) is 10.0 Å². The van der Waals surface area contributed by atoms with E-state index in [2.05, 4.69) is 5.32 Å². The van der Waals surface area contributed by atoms with Crippen molar-refractivity contribution in [2.45, 2.75) is 17.7 Å². The zero-order valence-corrected chi connectivity index (χ0v) is 14.8. The average Bonchev–Trinajstić information content (AvgIpc) is 3.10. The minimum Gasteiger partial charge on any atom is -0.322 e. The topological polar surface area (TPSA) is 66.5 Å². The number of halogens is 2. The Hall–Kier alpha value is -1.96. The van der Waals surface area contributed by atoms with E-state index in [-0.39, 0.29) is 21.2 Å². The smallest absolute Gasteiger partial charge is 0.258 e. The lowest BCUT2D eigenvalue weighted by molar-refractivity contribution is 0.102. The number of anilines is 1. The minimum atomic E-state index is -3.58. The summed E-state index contributed by atoms with van der Waals surface area (Å²) in [4.78, 5) is 12.3. The molecule has 1 aliphatic rings. The lowest BCUT2D eigenvalue weighted by atomic mass is 10.2. The van der Waals surface area contributed by atoms with Crippen molar-refractivity contribution < 1.29 is 17.6 Å². The SMILES string of the molecule is O=C(Nc1cccc(S(=O)(=O)N2CCCC2)c1)c1ccc(Cl)cc1F. The first-order valence-corrected chi connectivity index (χ1v) is 9.56. The number of hydrogen-bond acceptors (Lipinski definition) is 3. The van der Waals surface area contributed by atoms with Gasteiger partial charge in [-0.2, -0.15) is 4.31 Å². The highest BCUT2D eigenvalue weighted by atomic mass is 35.5. The number of nitrogens with zero attached hydrogens (tertiary/aromatic N) is 1. The molecule has 2 aromatic rings. The molecule has 0 saturated carbocycles. The van der Waals surface area contributed by atoms with E-state index >= 15 is 0 Å². The number of hydrogen-bond donors (Lipinski definition) is 1. The van der Waals surface area contributed by atoms with Gasteiger partial charge in [0.25, 0.3) is 5.91 Å². The third-order valence-electron chi connectivity index (χ3n) is 3.97. The van der Waals surface area contributed by atoms with Gasteiger partial charge in [-0.1, -0.05) is 17.7 Å². The summed E-state index contributed by atoms with van der Waals surface area (Å²) in [5, 5.41) is 2.70. The van der Waals surface area contributed by atoms with Crippen molar-refractivity contribution in [3.05, 3.63) is 58.9 Å². The fourth-order valence-electron chi connectivity index (χ4n) is 2.68. The van der Waals surface area contributed by atoms with Gasteiger partial charge < -0.3 is 5.32 Å². The van der Waals surface area contributed by atoms with Gasteiger partial charge >= 0.3 is 0 Å². The minimum absolute atomic E-state index is 0.101. The molecule has 132 valence electrons. The maximum Gasteiger partial charge on any atom is 0.258 e. The number of amides is 1. The van der Waals surface area contributed by atoms with E-state index in [0.29, 0.717) is 13.1 Å². The fraction of sp³-hybridized carbons (Fsp3) is 0.235. The Balaban J connectivity index is 1.83. The van der Waals surface area contributed by atoms with E-state index < -0.39 is 21.7 Å². The van der Waals surface area contributed by atoms with Crippen molar-refractivity contribution in [2.24, 2.45) is 0 Å². The number of carbonyl (C=O) groups is 1. The van der Waals surface area contributed by atoms with Crippen molar-refractivity contribution in [3.8, 4) is 0 Å². The Morgan fingerprint density at radius 1 is 1.12 bits per heavy atom. The third-order valence-corrected chi connectivity index (χ3v) is 6.10. The Morgan fingerprint density at radius 3 is 2.52 bits per heavy atom. The molecule has 0 unspecified atom stereocenters. The van der Waals surface area contributed by atoms with Crippen LogP contribution in [0.1, 0.15) is 23.2 Å². The van der Waals surface area contributed by atoms with E-state index in [1.54, 1.807) is 6.07 Å². The molecule has 1 amide bonds. The molecule has 8 heteroatoms. The van der Waals surface area contributed by atoms with Crippen LogP contribution in [0, 0.1) is 5.82 Å². The molecule has 25 heavy (non-hydrogen) atoms. The van der Waals surface area contributed by atoms with Crippen LogP contribution in [0.5, 0.6) is 0 Å². The predicted octanol–water partition coefficient (Wildman–Crippen LogP) is 3.52. The molecule has 0 spiro atoms. The Labute approximate surface area is 150 Å². The monoisotopic (exact) mass is 382 g/mol. The van der Waals surface area contributed by atoms with Gasteiger partial charge in [-0.15, -0.1) is 0 Å². The molecule has 0 radical (unpaired) electrons. The van der Waals surface area contributed by atoms with Crippen molar-refractivity contribution in [3.63, 3.8) is 0 Å². The maximum atomic E-state index is 13.8. The third kappa shape index (κ3) is 3.84. The molecule has 0 aromatic heterocycles. The second-order valence-corrected chi connectivity index (χ2v) is 8.09. The second-order valence-electron chi connectivity index (χ2n) is 5.72. The van der Waals surface area contributed by atoms with Gasteiger partial charge in [0.15, 0.2) is 0 Å². The van der Waals surface area contributed by atoms with Crippen LogP contribution < -0.4 is 5.32 Å². The van der Waals surface area contributed by atoms with Crippen LogP contribution in [-0.2, 0) is 10.0 Å². The van der Waals surface area contributed by atoms with Gasteiger partial charge in [-0.25, -0.2) is 12.8 Å². The second kappa shape index (κ2) is 7.11. The van der Waals surface area contributed by atoms with Crippen molar-refractivity contribution in [1.82, 2.24) is 4.31 Å². The summed E-state index contributed by atoms with van der Waals surface area (Å²) in [5.74, 6) is -1.42. The van der Waals surface area contributed by atoms with Crippen molar-refractivity contribution in [2.75, 3.05) is 18.4 Å². The first-order chi connectivity index (χ1) is 11.9. The molecule has 1 heterocycles. The van der Waals surface area contributed by atoms with E-state index in [1.807, 2.05) is 0 Å². The Bertz CT molecular complexity index is 912. The number of benzene rings is 2. The summed E-state index contributed by atoms with van der Waals surface area (Å²) < 4.78 is 40.4. The molecule has 1 N–H and O–H groups in total. The summed E-state index contributed by atoms with van der Waals surface area (Å²) in [5.41, 5.74) is 0.108.